The number of carbonyl (C=O) groups excluding carboxylic acids is 1. The molecule has 10 heteroatoms. The van der Waals surface area contributed by atoms with E-state index in [0.29, 0.717) is 5.56 Å². The number of aromatic nitrogens is 1. The summed E-state index contributed by atoms with van der Waals surface area (Å²) in [5, 5.41) is 0.115. The fourth-order valence-corrected chi connectivity index (χ4v) is 3.03. The van der Waals surface area contributed by atoms with Crippen molar-refractivity contribution in [3.8, 4) is 0 Å². The number of hydrogen-bond acceptors (Lipinski definition) is 5. The van der Waals surface area contributed by atoms with Crippen LogP contribution in [0.25, 0.3) is 0 Å². The van der Waals surface area contributed by atoms with Gasteiger partial charge in [0, 0.05) is 13.6 Å². The van der Waals surface area contributed by atoms with Crippen molar-refractivity contribution >= 4 is 45.1 Å². The van der Waals surface area contributed by atoms with Crippen LogP contribution in [0.15, 0.2) is 6.07 Å². The van der Waals surface area contributed by atoms with Crippen molar-refractivity contribution < 1.29 is 17.9 Å². The molecule has 0 atom stereocenters. The summed E-state index contributed by atoms with van der Waals surface area (Å²) < 4.78 is 32.0. The highest BCUT2D eigenvalue weighted by Gasteiger charge is 2.21. The lowest BCUT2D eigenvalue weighted by molar-refractivity contribution is -0.140. The Bertz CT molecular complexity index is 613. The number of anilines is 1. The molecule has 0 aliphatic carbocycles. The van der Waals surface area contributed by atoms with Gasteiger partial charge in [-0.1, -0.05) is 23.2 Å². The van der Waals surface area contributed by atoms with Gasteiger partial charge >= 0.3 is 16.2 Å². The molecule has 21 heavy (non-hydrogen) atoms. The van der Waals surface area contributed by atoms with Crippen LogP contribution >= 0.6 is 23.2 Å². The summed E-state index contributed by atoms with van der Waals surface area (Å²) in [6.45, 7) is 1.62. The van der Waals surface area contributed by atoms with E-state index in [9.17, 15) is 13.2 Å². The van der Waals surface area contributed by atoms with Gasteiger partial charge in [-0.3, -0.25) is 9.52 Å². The Balaban J connectivity index is 2.88. The van der Waals surface area contributed by atoms with Gasteiger partial charge in [-0.25, -0.2) is 4.98 Å². The molecule has 0 amide bonds. The normalized spacial score (nSPS) is 11.5. The Morgan fingerprint density at radius 2 is 2.10 bits per heavy atom. The van der Waals surface area contributed by atoms with Crippen LogP contribution in [0.5, 0.6) is 0 Å². The molecule has 1 heterocycles. The summed E-state index contributed by atoms with van der Waals surface area (Å²) in [6, 6.07) is 1.49. The topological polar surface area (TPSA) is 88.6 Å². The zero-order valence-electron chi connectivity index (χ0n) is 11.7. The van der Waals surface area contributed by atoms with E-state index in [-0.39, 0.29) is 29.0 Å². The highest BCUT2D eigenvalue weighted by molar-refractivity contribution is 7.90. The smallest absolute Gasteiger partial charge is 0.306 e. The first-order valence-corrected chi connectivity index (χ1v) is 8.00. The van der Waals surface area contributed by atoms with Gasteiger partial charge in [-0.15, -0.1) is 0 Å². The van der Waals surface area contributed by atoms with Crippen molar-refractivity contribution in [3.05, 3.63) is 21.9 Å². The summed E-state index contributed by atoms with van der Waals surface area (Å²) >= 11 is 11.6. The number of nitrogens with one attached hydrogen (secondary N) is 1. The number of ether oxygens (including phenoxy) is 1. The first kappa shape index (κ1) is 18.0. The molecule has 0 saturated heterocycles. The third-order valence-electron chi connectivity index (χ3n) is 2.64. The van der Waals surface area contributed by atoms with E-state index >= 15 is 0 Å². The Morgan fingerprint density at radius 1 is 1.48 bits per heavy atom. The second kappa shape index (κ2) is 7.26. The molecule has 7 nitrogen and oxygen atoms in total. The van der Waals surface area contributed by atoms with Gasteiger partial charge < -0.3 is 4.74 Å². The quantitative estimate of drug-likeness (QED) is 0.621. The molecule has 1 aromatic heterocycles. The van der Waals surface area contributed by atoms with Gasteiger partial charge in [0.2, 0.25) is 0 Å². The molecule has 0 unspecified atom stereocenters. The Morgan fingerprint density at radius 3 is 2.62 bits per heavy atom. The Kier molecular flexibility index (Phi) is 6.21. The Hall–Kier alpha value is -1.09. The fourth-order valence-electron chi connectivity index (χ4n) is 1.40. The lowest BCUT2D eigenvalue weighted by Crippen LogP contribution is -2.34. The van der Waals surface area contributed by atoms with E-state index < -0.39 is 16.2 Å². The molecule has 0 aliphatic rings. The predicted octanol–water partition coefficient (Wildman–Crippen LogP) is 1.85. The minimum Gasteiger partial charge on any atom is -0.469 e. The number of rotatable bonds is 6. The van der Waals surface area contributed by atoms with Crippen molar-refractivity contribution in [2.24, 2.45) is 0 Å². The van der Waals surface area contributed by atoms with E-state index in [1.165, 1.54) is 20.2 Å². The minimum atomic E-state index is -3.87. The number of nitrogens with zero attached hydrogens (tertiary/aromatic N) is 2. The maximum atomic E-state index is 12.1. The fraction of sp³-hybridized carbons (Fsp3) is 0.455. The van der Waals surface area contributed by atoms with Crippen LogP contribution in [-0.2, 0) is 19.7 Å². The standard InChI is InChI=1S/C11H15Cl2N3O4S/c1-7-6-8(12)14-11(13)10(7)15-21(18,19)16(2)5-4-9(17)20-3/h6,15H,4-5H2,1-3H3. The summed E-state index contributed by atoms with van der Waals surface area (Å²) in [6.07, 6.45) is -0.0561. The maximum absolute atomic E-state index is 12.1. The average Bonchev–Trinajstić information content (AvgIpc) is 2.39. The van der Waals surface area contributed by atoms with E-state index in [1.54, 1.807) is 6.92 Å². The SMILES string of the molecule is COC(=O)CCN(C)S(=O)(=O)Nc1c(C)cc(Cl)nc1Cl. The van der Waals surface area contributed by atoms with Crippen molar-refractivity contribution in [2.45, 2.75) is 13.3 Å². The Labute approximate surface area is 133 Å². The van der Waals surface area contributed by atoms with Gasteiger partial charge in [0.25, 0.3) is 0 Å². The maximum Gasteiger partial charge on any atom is 0.306 e. The lowest BCUT2D eigenvalue weighted by Gasteiger charge is -2.19. The molecule has 0 bridgehead atoms. The third-order valence-corrected chi connectivity index (χ3v) is 4.57. The number of esters is 1. The van der Waals surface area contributed by atoms with Gasteiger partial charge in [0.1, 0.15) is 5.15 Å². The molecular weight excluding hydrogens is 341 g/mol. The zero-order chi connectivity index (χ0) is 16.2. The zero-order valence-corrected chi connectivity index (χ0v) is 14.0. The van der Waals surface area contributed by atoms with Crippen molar-refractivity contribution in [2.75, 3.05) is 25.4 Å². The highest BCUT2D eigenvalue weighted by atomic mass is 35.5. The second-order valence-electron chi connectivity index (χ2n) is 4.18. The number of aryl methyl sites for hydroxylation is 1. The average molecular weight is 356 g/mol. The highest BCUT2D eigenvalue weighted by Crippen LogP contribution is 2.27. The largest absolute Gasteiger partial charge is 0.469 e. The van der Waals surface area contributed by atoms with Crippen molar-refractivity contribution in [1.82, 2.24) is 9.29 Å². The number of methoxy groups -OCH3 is 1. The van der Waals surface area contributed by atoms with Crippen LogP contribution in [0.1, 0.15) is 12.0 Å². The molecule has 0 aliphatic heterocycles. The molecule has 118 valence electrons. The van der Waals surface area contributed by atoms with Gasteiger partial charge in [0.05, 0.1) is 19.2 Å². The van der Waals surface area contributed by atoms with Crippen LogP contribution in [0.4, 0.5) is 5.69 Å². The van der Waals surface area contributed by atoms with Crippen LogP contribution in [0, 0.1) is 6.92 Å². The third kappa shape index (κ3) is 4.99. The summed E-state index contributed by atoms with van der Waals surface area (Å²) in [5.74, 6) is -0.501. The van der Waals surface area contributed by atoms with Crippen LogP contribution in [0.2, 0.25) is 10.3 Å². The van der Waals surface area contributed by atoms with E-state index in [4.69, 9.17) is 23.2 Å². The van der Waals surface area contributed by atoms with Gasteiger partial charge in [-0.05, 0) is 18.6 Å². The summed E-state index contributed by atoms with van der Waals surface area (Å²) in [5.41, 5.74) is 0.677. The molecule has 1 rings (SSSR count). The van der Waals surface area contributed by atoms with Gasteiger partial charge in [0.15, 0.2) is 5.15 Å². The first-order chi connectivity index (χ1) is 9.67. The second-order valence-corrected chi connectivity index (χ2v) is 6.71. The molecule has 1 N–H and O–H groups in total. The summed E-state index contributed by atoms with van der Waals surface area (Å²) in [7, 11) is -1.30. The van der Waals surface area contributed by atoms with Gasteiger partial charge in [-0.2, -0.15) is 12.7 Å². The lowest BCUT2D eigenvalue weighted by atomic mass is 10.3. The molecule has 0 fully saturated rings. The summed E-state index contributed by atoms with van der Waals surface area (Å²) in [4.78, 5) is 14.8. The number of halogens is 2. The van der Waals surface area contributed by atoms with Crippen LogP contribution in [0.3, 0.4) is 0 Å². The first-order valence-electron chi connectivity index (χ1n) is 5.81. The molecular formula is C11H15Cl2N3O4S. The number of pyridine rings is 1. The van der Waals surface area contributed by atoms with E-state index in [1.807, 2.05) is 0 Å². The molecule has 0 saturated carbocycles. The predicted molar refractivity (Wildman–Crippen MR) is 80.8 cm³/mol. The van der Waals surface area contributed by atoms with Crippen LogP contribution in [-0.4, -0.2) is 44.4 Å². The van der Waals surface area contributed by atoms with E-state index in [0.717, 1.165) is 4.31 Å². The molecule has 1 aromatic rings. The molecule has 0 radical (unpaired) electrons. The number of carbonyl (C=O) groups is 1. The van der Waals surface area contributed by atoms with Crippen molar-refractivity contribution in [1.29, 1.82) is 0 Å². The number of hydrogen-bond donors (Lipinski definition) is 1. The van der Waals surface area contributed by atoms with Crippen molar-refractivity contribution in [3.63, 3.8) is 0 Å². The molecule has 0 spiro atoms. The molecule has 0 aromatic carbocycles. The monoisotopic (exact) mass is 355 g/mol. The van der Waals surface area contributed by atoms with Crippen LogP contribution < -0.4 is 4.72 Å². The minimum absolute atomic E-state index is 0.0281. The van der Waals surface area contributed by atoms with E-state index in [2.05, 4.69) is 14.4 Å².